The SMILES string of the molecule is Cc1ccc(NC(=O)CC(=O)N[C@@H](C)c2ncccc2C)cc1Cl. The second kappa shape index (κ2) is 7.93. The van der Waals surface area contributed by atoms with Crippen molar-refractivity contribution in [2.45, 2.75) is 33.2 Å². The molecule has 0 aliphatic heterocycles. The average molecular weight is 346 g/mol. The Balaban J connectivity index is 1.90. The Kier molecular flexibility index (Phi) is 5.93. The van der Waals surface area contributed by atoms with E-state index in [4.69, 9.17) is 11.6 Å². The van der Waals surface area contributed by atoms with Gasteiger partial charge in [0.15, 0.2) is 0 Å². The molecule has 0 saturated heterocycles. The summed E-state index contributed by atoms with van der Waals surface area (Å²) in [6, 6.07) is 8.72. The molecule has 0 spiro atoms. The maximum atomic E-state index is 12.0. The molecular weight excluding hydrogens is 326 g/mol. The molecule has 126 valence electrons. The summed E-state index contributed by atoms with van der Waals surface area (Å²) >= 11 is 6.02. The highest BCUT2D eigenvalue weighted by Gasteiger charge is 2.15. The predicted molar refractivity (Wildman–Crippen MR) is 95.0 cm³/mol. The van der Waals surface area contributed by atoms with Crippen molar-refractivity contribution in [3.8, 4) is 0 Å². The highest BCUT2D eigenvalue weighted by Crippen LogP contribution is 2.20. The van der Waals surface area contributed by atoms with Crippen molar-refractivity contribution in [1.29, 1.82) is 0 Å². The van der Waals surface area contributed by atoms with Crippen molar-refractivity contribution in [2.75, 3.05) is 5.32 Å². The summed E-state index contributed by atoms with van der Waals surface area (Å²) in [5.74, 6) is -0.749. The van der Waals surface area contributed by atoms with Crippen molar-refractivity contribution >= 4 is 29.1 Å². The summed E-state index contributed by atoms with van der Waals surface area (Å²) in [5, 5.41) is 6.02. The van der Waals surface area contributed by atoms with Gasteiger partial charge in [-0.1, -0.05) is 23.7 Å². The number of nitrogens with zero attached hydrogens (tertiary/aromatic N) is 1. The third-order valence-corrected chi connectivity index (χ3v) is 4.02. The number of carbonyl (C=O) groups excluding carboxylic acids is 2. The van der Waals surface area contributed by atoms with Gasteiger partial charge in [0.2, 0.25) is 11.8 Å². The number of hydrogen-bond donors (Lipinski definition) is 2. The van der Waals surface area contributed by atoms with Crippen LogP contribution >= 0.6 is 11.6 Å². The van der Waals surface area contributed by atoms with Crippen LogP contribution in [0.2, 0.25) is 5.02 Å². The van der Waals surface area contributed by atoms with Gasteiger partial charge in [-0.05, 0) is 50.1 Å². The summed E-state index contributed by atoms with van der Waals surface area (Å²) in [5.41, 5.74) is 3.27. The van der Waals surface area contributed by atoms with Gasteiger partial charge < -0.3 is 10.6 Å². The molecule has 0 fully saturated rings. The highest BCUT2D eigenvalue weighted by molar-refractivity contribution is 6.31. The van der Waals surface area contributed by atoms with Crippen molar-refractivity contribution in [3.05, 3.63) is 58.4 Å². The van der Waals surface area contributed by atoms with E-state index < -0.39 is 5.91 Å². The van der Waals surface area contributed by atoms with E-state index in [2.05, 4.69) is 15.6 Å². The van der Waals surface area contributed by atoms with Crippen molar-refractivity contribution in [3.63, 3.8) is 0 Å². The van der Waals surface area contributed by atoms with Gasteiger partial charge in [0.05, 0.1) is 11.7 Å². The van der Waals surface area contributed by atoms with Gasteiger partial charge in [-0.2, -0.15) is 0 Å². The standard InChI is InChI=1S/C18H20ClN3O2/c1-11-6-7-14(9-15(11)19)22-17(24)10-16(23)21-13(3)18-12(2)5-4-8-20-18/h4-9,13H,10H2,1-3H3,(H,21,23)(H,22,24)/t13-/m0/s1. The number of halogens is 1. The first-order valence-corrected chi connectivity index (χ1v) is 8.01. The minimum Gasteiger partial charge on any atom is -0.348 e. The fourth-order valence-electron chi connectivity index (χ4n) is 2.33. The van der Waals surface area contributed by atoms with Crippen LogP contribution in [0.25, 0.3) is 0 Å². The lowest BCUT2D eigenvalue weighted by atomic mass is 10.1. The lowest BCUT2D eigenvalue weighted by Crippen LogP contribution is -2.31. The van der Waals surface area contributed by atoms with Crippen molar-refractivity contribution in [2.24, 2.45) is 0 Å². The fraction of sp³-hybridized carbons (Fsp3) is 0.278. The van der Waals surface area contributed by atoms with Crippen LogP contribution in [0.5, 0.6) is 0 Å². The van der Waals surface area contributed by atoms with E-state index in [1.54, 1.807) is 18.3 Å². The third kappa shape index (κ3) is 4.80. The van der Waals surface area contributed by atoms with Crippen molar-refractivity contribution < 1.29 is 9.59 Å². The number of benzene rings is 1. The average Bonchev–Trinajstić information content (AvgIpc) is 2.51. The Hall–Kier alpha value is -2.40. The monoisotopic (exact) mass is 345 g/mol. The number of rotatable bonds is 5. The van der Waals surface area contributed by atoms with Crippen LogP contribution in [0.3, 0.4) is 0 Å². The van der Waals surface area contributed by atoms with E-state index >= 15 is 0 Å². The van der Waals surface area contributed by atoms with Crippen LogP contribution in [0.15, 0.2) is 36.5 Å². The zero-order valence-electron chi connectivity index (χ0n) is 13.9. The third-order valence-electron chi connectivity index (χ3n) is 3.61. The zero-order valence-corrected chi connectivity index (χ0v) is 14.6. The van der Waals surface area contributed by atoms with Gasteiger partial charge in [-0.15, -0.1) is 0 Å². The minimum absolute atomic E-state index is 0.262. The van der Waals surface area contributed by atoms with Crippen LogP contribution in [0.4, 0.5) is 5.69 Å². The number of aryl methyl sites for hydroxylation is 2. The maximum Gasteiger partial charge on any atom is 0.233 e. The predicted octanol–water partition coefficient (Wildman–Crippen LogP) is 3.56. The summed E-state index contributed by atoms with van der Waals surface area (Å²) in [4.78, 5) is 28.3. The smallest absolute Gasteiger partial charge is 0.233 e. The van der Waals surface area contributed by atoms with Crippen LogP contribution in [-0.2, 0) is 9.59 Å². The number of aromatic nitrogens is 1. The van der Waals surface area contributed by atoms with Crippen LogP contribution in [0.1, 0.15) is 36.2 Å². The molecule has 0 radical (unpaired) electrons. The van der Waals surface area contributed by atoms with E-state index in [1.165, 1.54) is 0 Å². The molecular formula is C18H20ClN3O2. The number of amides is 2. The number of carbonyl (C=O) groups is 2. The Labute approximate surface area is 146 Å². The molecule has 2 N–H and O–H groups in total. The van der Waals surface area contributed by atoms with Crippen LogP contribution < -0.4 is 10.6 Å². The first-order valence-electron chi connectivity index (χ1n) is 7.63. The maximum absolute atomic E-state index is 12.0. The normalized spacial score (nSPS) is 11.7. The number of anilines is 1. The molecule has 0 aliphatic carbocycles. The minimum atomic E-state index is -0.391. The molecule has 1 heterocycles. The summed E-state index contributed by atoms with van der Waals surface area (Å²) in [7, 11) is 0. The second-order valence-electron chi connectivity index (χ2n) is 5.68. The largest absolute Gasteiger partial charge is 0.348 e. The zero-order chi connectivity index (χ0) is 17.7. The molecule has 0 unspecified atom stereocenters. The molecule has 1 aromatic heterocycles. The molecule has 2 rings (SSSR count). The summed E-state index contributed by atoms with van der Waals surface area (Å²) in [6.07, 6.45) is 1.42. The molecule has 6 heteroatoms. The summed E-state index contributed by atoms with van der Waals surface area (Å²) in [6.45, 7) is 5.64. The van der Waals surface area contributed by atoms with E-state index in [1.807, 2.05) is 39.0 Å². The highest BCUT2D eigenvalue weighted by atomic mass is 35.5. The quantitative estimate of drug-likeness (QED) is 0.814. The lowest BCUT2D eigenvalue weighted by molar-refractivity contribution is -0.127. The number of pyridine rings is 1. The Morgan fingerprint density at radius 3 is 2.58 bits per heavy atom. The molecule has 2 aromatic rings. The van der Waals surface area contributed by atoms with Crippen LogP contribution in [-0.4, -0.2) is 16.8 Å². The van der Waals surface area contributed by atoms with Gasteiger partial charge >= 0.3 is 0 Å². The molecule has 2 amide bonds. The number of hydrogen-bond acceptors (Lipinski definition) is 3. The molecule has 0 aliphatic rings. The molecule has 5 nitrogen and oxygen atoms in total. The molecule has 1 aromatic carbocycles. The van der Waals surface area contributed by atoms with E-state index in [0.717, 1.165) is 16.8 Å². The Morgan fingerprint density at radius 2 is 1.92 bits per heavy atom. The van der Waals surface area contributed by atoms with Gasteiger partial charge in [-0.25, -0.2) is 0 Å². The fourth-order valence-corrected chi connectivity index (χ4v) is 2.51. The molecule has 24 heavy (non-hydrogen) atoms. The molecule has 1 atom stereocenters. The molecule has 0 bridgehead atoms. The van der Waals surface area contributed by atoms with Gasteiger partial charge in [-0.3, -0.25) is 14.6 Å². The van der Waals surface area contributed by atoms with Gasteiger partial charge in [0.25, 0.3) is 0 Å². The lowest BCUT2D eigenvalue weighted by Gasteiger charge is -2.15. The number of nitrogens with one attached hydrogen (secondary N) is 2. The van der Waals surface area contributed by atoms with E-state index in [9.17, 15) is 9.59 Å². The second-order valence-corrected chi connectivity index (χ2v) is 6.09. The first-order chi connectivity index (χ1) is 11.4. The first kappa shape index (κ1) is 17.9. The van der Waals surface area contributed by atoms with E-state index in [0.29, 0.717) is 10.7 Å². The summed E-state index contributed by atoms with van der Waals surface area (Å²) < 4.78 is 0. The topological polar surface area (TPSA) is 71.1 Å². The Bertz CT molecular complexity index is 762. The van der Waals surface area contributed by atoms with Crippen LogP contribution in [0, 0.1) is 13.8 Å². The Morgan fingerprint density at radius 1 is 1.17 bits per heavy atom. The van der Waals surface area contributed by atoms with E-state index in [-0.39, 0.29) is 18.4 Å². The van der Waals surface area contributed by atoms with Crippen molar-refractivity contribution in [1.82, 2.24) is 10.3 Å². The van der Waals surface area contributed by atoms with Gasteiger partial charge in [0, 0.05) is 16.9 Å². The molecule has 0 saturated carbocycles. The van der Waals surface area contributed by atoms with Gasteiger partial charge in [0.1, 0.15) is 6.42 Å².